The first kappa shape index (κ1) is 34.7. The Labute approximate surface area is 269 Å². The van der Waals surface area contributed by atoms with E-state index < -0.39 is 69.3 Å². The highest BCUT2D eigenvalue weighted by atomic mass is 32.2. The van der Waals surface area contributed by atoms with Crippen LogP contribution in [-0.4, -0.2) is 19.0 Å². The molecule has 47 heavy (non-hydrogen) atoms. The van der Waals surface area contributed by atoms with Crippen LogP contribution in [0.15, 0.2) is 60.7 Å². The fraction of sp³-hybridized carbons (Fsp3) is 0.314. The Morgan fingerprint density at radius 3 is 1.85 bits per heavy atom. The molecule has 0 aromatic heterocycles. The smallest absolute Gasteiger partial charge is 0.429 e. The Morgan fingerprint density at radius 1 is 0.702 bits per heavy atom. The van der Waals surface area contributed by atoms with Gasteiger partial charge < -0.3 is 9.47 Å². The highest BCUT2D eigenvalue weighted by molar-refractivity contribution is 7.99. The lowest BCUT2D eigenvalue weighted by Crippen LogP contribution is -2.25. The van der Waals surface area contributed by atoms with Gasteiger partial charge in [-0.2, -0.15) is 20.5 Å². The summed E-state index contributed by atoms with van der Waals surface area (Å²) in [5.41, 5.74) is -2.50. The maximum absolute atomic E-state index is 15.2. The Morgan fingerprint density at radius 2 is 1.30 bits per heavy atom. The van der Waals surface area contributed by atoms with Crippen LogP contribution in [0.1, 0.15) is 49.0 Å². The summed E-state index contributed by atoms with van der Waals surface area (Å²) < 4.78 is 140. The van der Waals surface area contributed by atoms with Gasteiger partial charge in [-0.25, -0.2) is 30.7 Å². The van der Waals surface area contributed by atoms with Crippen molar-refractivity contribution in [3.8, 4) is 28.0 Å². The highest BCUT2D eigenvalue weighted by Crippen LogP contribution is 2.43. The van der Waals surface area contributed by atoms with Gasteiger partial charge in [-0.15, -0.1) is 0 Å². The zero-order valence-corrected chi connectivity index (χ0v) is 25.8. The molecule has 2 nitrogen and oxygen atoms in total. The predicted octanol–water partition coefficient (Wildman–Crippen LogP) is 11.1. The van der Waals surface area contributed by atoms with Gasteiger partial charge >= 0.3 is 6.11 Å². The SMILES string of the molecule is CCCOCCC1CCC(c2ccc(-c3cc(F)c(C(F)(F)Oc4ccc(-c5cc(F)c(F)c(F)c5)c(F)c4)c(F)c3)c(F)c2)SC1. The fourth-order valence-corrected chi connectivity index (χ4v) is 6.95. The molecule has 1 aliphatic heterocycles. The number of thioether (sulfide) groups is 1. The zero-order valence-electron chi connectivity index (χ0n) is 25.0. The molecule has 0 spiro atoms. The molecule has 0 saturated carbocycles. The van der Waals surface area contributed by atoms with E-state index in [2.05, 4.69) is 4.74 Å². The monoisotopic (exact) mass is 684 g/mol. The minimum absolute atomic E-state index is 0.0370. The second kappa shape index (κ2) is 14.6. The second-order valence-electron chi connectivity index (χ2n) is 11.2. The van der Waals surface area contributed by atoms with Crippen molar-refractivity contribution >= 4 is 11.8 Å². The van der Waals surface area contributed by atoms with E-state index in [1.807, 2.05) is 6.92 Å². The van der Waals surface area contributed by atoms with Gasteiger partial charge in [0.2, 0.25) is 0 Å². The van der Waals surface area contributed by atoms with Gasteiger partial charge in [-0.05, 0) is 96.5 Å². The predicted molar refractivity (Wildman–Crippen MR) is 162 cm³/mol. The summed E-state index contributed by atoms with van der Waals surface area (Å²) in [4.78, 5) is 0. The van der Waals surface area contributed by atoms with Crippen LogP contribution < -0.4 is 4.74 Å². The number of rotatable bonds is 11. The Balaban J connectivity index is 1.29. The van der Waals surface area contributed by atoms with E-state index in [9.17, 15) is 17.6 Å². The summed E-state index contributed by atoms with van der Waals surface area (Å²) in [5.74, 6) is -10.00. The first-order chi connectivity index (χ1) is 22.4. The van der Waals surface area contributed by atoms with Crippen molar-refractivity contribution in [3.63, 3.8) is 0 Å². The minimum atomic E-state index is -4.66. The Kier molecular flexibility index (Phi) is 10.8. The molecule has 0 aliphatic carbocycles. The molecule has 12 heteroatoms. The largest absolute Gasteiger partial charge is 0.432 e. The summed E-state index contributed by atoms with van der Waals surface area (Å²) in [6, 6.07) is 8.41. The summed E-state index contributed by atoms with van der Waals surface area (Å²) in [7, 11) is 0. The third-order valence-corrected chi connectivity index (χ3v) is 9.45. The number of halogens is 9. The summed E-state index contributed by atoms with van der Waals surface area (Å²) in [5, 5.41) is 0.0370. The van der Waals surface area contributed by atoms with Gasteiger partial charge in [0.1, 0.15) is 34.6 Å². The van der Waals surface area contributed by atoms with Crippen molar-refractivity contribution in [2.45, 2.75) is 44.0 Å². The number of hydrogen-bond acceptors (Lipinski definition) is 3. The molecule has 0 radical (unpaired) electrons. The zero-order chi connectivity index (χ0) is 33.9. The number of ether oxygens (including phenoxy) is 2. The van der Waals surface area contributed by atoms with Gasteiger partial charge in [-0.3, -0.25) is 0 Å². The quantitative estimate of drug-likeness (QED) is 0.0890. The molecule has 4 aromatic carbocycles. The average molecular weight is 685 g/mol. The van der Waals surface area contributed by atoms with Gasteiger partial charge in [0.05, 0.1) is 0 Å². The Hall–Kier alpha value is -3.64. The third kappa shape index (κ3) is 7.92. The number of alkyl halides is 2. The van der Waals surface area contributed by atoms with Crippen LogP contribution in [0, 0.1) is 46.6 Å². The Bertz CT molecular complexity index is 1690. The van der Waals surface area contributed by atoms with Crippen LogP contribution in [0.3, 0.4) is 0 Å². The lowest BCUT2D eigenvalue weighted by molar-refractivity contribution is -0.189. The molecule has 1 heterocycles. The fourth-order valence-electron chi connectivity index (χ4n) is 5.47. The molecular weight excluding hydrogens is 655 g/mol. The maximum Gasteiger partial charge on any atom is 0.432 e. The third-order valence-electron chi connectivity index (χ3n) is 7.88. The van der Waals surface area contributed by atoms with Gasteiger partial charge in [0.25, 0.3) is 0 Å². The van der Waals surface area contributed by atoms with Crippen LogP contribution >= 0.6 is 11.8 Å². The second-order valence-corrected chi connectivity index (χ2v) is 12.5. The lowest BCUT2D eigenvalue weighted by atomic mass is 9.95. The van der Waals surface area contributed by atoms with E-state index in [0.29, 0.717) is 48.4 Å². The molecule has 2 unspecified atom stereocenters. The van der Waals surface area contributed by atoms with E-state index in [4.69, 9.17) is 4.74 Å². The van der Waals surface area contributed by atoms with Crippen LogP contribution in [0.4, 0.5) is 39.5 Å². The van der Waals surface area contributed by atoms with Gasteiger partial charge in [0, 0.05) is 35.7 Å². The summed E-state index contributed by atoms with van der Waals surface area (Å²) in [6.45, 7) is 3.48. The first-order valence-corrected chi connectivity index (χ1v) is 15.9. The van der Waals surface area contributed by atoms with E-state index in [0.717, 1.165) is 50.2 Å². The molecule has 1 saturated heterocycles. The molecule has 4 aromatic rings. The average Bonchev–Trinajstić information content (AvgIpc) is 3.01. The molecular formula is C35H29F9O2S. The summed E-state index contributed by atoms with van der Waals surface area (Å²) >= 11 is 1.70. The van der Waals surface area contributed by atoms with Gasteiger partial charge in [0.15, 0.2) is 17.5 Å². The number of benzene rings is 4. The van der Waals surface area contributed by atoms with E-state index >= 15 is 22.0 Å². The van der Waals surface area contributed by atoms with Gasteiger partial charge in [-0.1, -0.05) is 19.1 Å². The van der Waals surface area contributed by atoms with Crippen molar-refractivity contribution in [3.05, 3.63) is 113 Å². The van der Waals surface area contributed by atoms with E-state index in [1.165, 1.54) is 12.1 Å². The molecule has 5 rings (SSSR count). The van der Waals surface area contributed by atoms with Crippen LogP contribution in [0.2, 0.25) is 0 Å². The van der Waals surface area contributed by atoms with Crippen molar-refractivity contribution in [1.29, 1.82) is 0 Å². The van der Waals surface area contributed by atoms with E-state index in [-0.39, 0.29) is 16.4 Å². The normalized spacial score (nSPS) is 16.8. The lowest BCUT2D eigenvalue weighted by Gasteiger charge is -2.28. The molecule has 0 bridgehead atoms. The summed E-state index contributed by atoms with van der Waals surface area (Å²) in [6.07, 6.45) is -0.963. The van der Waals surface area contributed by atoms with Crippen molar-refractivity contribution in [2.24, 2.45) is 5.92 Å². The molecule has 1 fully saturated rings. The maximum atomic E-state index is 15.2. The van der Waals surface area contributed by atoms with E-state index in [1.54, 1.807) is 17.8 Å². The highest BCUT2D eigenvalue weighted by Gasteiger charge is 2.41. The topological polar surface area (TPSA) is 18.5 Å². The number of hydrogen-bond donors (Lipinski definition) is 0. The minimum Gasteiger partial charge on any atom is -0.429 e. The molecule has 1 aliphatic rings. The molecule has 250 valence electrons. The first-order valence-electron chi connectivity index (χ1n) is 14.9. The standard InChI is InChI=1S/C35H29F9O2S/c1-2-10-45-11-9-19-3-8-32(47-18-19)20-4-6-24(26(36)12-20)21-13-28(38)33(29(39)14-21)35(43,44)46-23-5-7-25(27(37)17-23)22-15-30(40)34(42)31(41)16-22/h4-7,12-17,19,32H,2-3,8-11,18H2,1H3. The van der Waals surface area contributed by atoms with Crippen LogP contribution in [0.25, 0.3) is 22.3 Å². The van der Waals surface area contributed by atoms with Crippen molar-refractivity contribution in [1.82, 2.24) is 0 Å². The van der Waals surface area contributed by atoms with Crippen molar-refractivity contribution < 1.29 is 49.0 Å². The van der Waals surface area contributed by atoms with Crippen LogP contribution in [-0.2, 0) is 10.8 Å². The molecule has 0 amide bonds. The van der Waals surface area contributed by atoms with Crippen molar-refractivity contribution in [2.75, 3.05) is 19.0 Å². The van der Waals surface area contributed by atoms with Crippen LogP contribution in [0.5, 0.6) is 5.75 Å². The molecule has 2 atom stereocenters. The molecule has 0 N–H and O–H groups in total.